The van der Waals surface area contributed by atoms with Gasteiger partial charge in [-0.05, 0) is 92.6 Å². The Balaban J connectivity index is 1.44. The minimum Gasteiger partial charge on any atom is -0.378 e. The lowest BCUT2D eigenvalue weighted by Gasteiger charge is -2.31. The summed E-state index contributed by atoms with van der Waals surface area (Å²) >= 11 is 5.99. The molecule has 6 nitrogen and oxygen atoms in total. The summed E-state index contributed by atoms with van der Waals surface area (Å²) in [6.07, 6.45) is 1.85. The van der Waals surface area contributed by atoms with E-state index in [9.17, 15) is 0 Å². The van der Waals surface area contributed by atoms with Crippen molar-refractivity contribution in [2.24, 2.45) is 0 Å². The Hall–Kier alpha value is -3.68. The molecule has 2 aromatic carbocycles. The van der Waals surface area contributed by atoms with Crippen LogP contribution in [0.3, 0.4) is 0 Å². The molecule has 2 fully saturated rings. The molecule has 4 aromatic rings. The fourth-order valence-corrected chi connectivity index (χ4v) is 6.21. The van der Waals surface area contributed by atoms with Crippen molar-refractivity contribution in [3.8, 4) is 5.69 Å². The molecule has 2 aliphatic rings. The molecule has 0 bridgehead atoms. The van der Waals surface area contributed by atoms with E-state index >= 15 is 0 Å². The molecule has 2 aliphatic heterocycles. The first kappa shape index (κ1) is 24.6. The van der Waals surface area contributed by atoms with Gasteiger partial charge in [0.2, 0.25) is 0 Å². The van der Waals surface area contributed by atoms with E-state index in [4.69, 9.17) is 21.9 Å². The van der Waals surface area contributed by atoms with Gasteiger partial charge >= 0.3 is 0 Å². The summed E-state index contributed by atoms with van der Waals surface area (Å²) in [5.74, 6) is 0. The average molecular weight is 524 g/mol. The van der Waals surface area contributed by atoms with Gasteiger partial charge in [-0.25, -0.2) is 0 Å². The van der Waals surface area contributed by atoms with E-state index in [0.717, 1.165) is 37.7 Å². The van der Waals surface area contributed by atoms with Crippen LogP contribution in [0, 0.1) is 20.8 Å². The maximum atomic E-state index is 5.99. The minimum atomic E-state index is -0.0755. The number of nitrogens with one attached hydrogen (secondary N) is 1. The first-order valence-electron chi connectivity index (χ1n) is 13.2. The molecule has 7 heteroatoms. The number of aryl methyl sites for hydroxylation is 2. The van der Waals surface area contributed by atoms with Crippen LogP contribution in [0.15, 0.2) is 79.0 Å². The van der Waals surface area contributed by atoms with E-state index in [1.807, 2.05) is 18.3 Å². The number of para-hydroxylation sites is 1. The predicted octanol–water partition coefficient (Wildman–Crippen LogP) is 5.81. The number of ether oxygens (including phenoxy) is 1. The summed E-state index contributed by atoms with van der Waals surface area (Å²) < 4.78 is 7.90. The van der Waals surface area contributed by atoms with Crippen LogP contribution >= 0.6 is 12.2 Å². The number of thiocarbonyl (C=S) groups is 1. The number of hydrogen-bond donors (Lipinski definition) is 1. The van der Waals surface area contributed by atoms with Gasteiger partial charge in [0, 0.05) is 47.7 Å². The molecule has 2 aromatic heterocycles. The fourth-order valence-electron chi connectivity index (χ4n) is 5.87. The predicted molar refractivity (Wildman–Crippen MR) is 157 cm³/mol. The topological polar surface area (TPSA) is 45.6 Å². The third-order valence-electron chi connectivity index (χ3n) is 7.75. The molecule has 0 radical (unpaired) electrons. The number of benzene rings is 2. The lowest BCUT2D eigenvalue weighted by Crippen LogP contribution is -2.36. The number of anilines is 2. The van der Waals surface area contributed by atoms with Gasteiger partial charge in [-0.1, -0.05) is 24.3 Å². The van der Waals surface area contributed by atoms with Crippen LogP contribution in [0.5, 0.6) is 0 Å². The second-order valence-electron chi connectivity index (χ2n) is 10.1. The van der Waals surface area contributed by atoms with E-state index in [1.165, 1.54) is 33.9 Å². The van der Waals surface area contributed by atoms with E-state index in [2.05, 4.69) is 101 Å². The molecular weight excluding hydrogens is 490 g/mol. The molecule has 0 spiro atoms. The van der Waals surface area contributed by atoms with Gasteiger partial charge < -0.3 is 24.4 Å². The van der Waals surface area contributed by atoms with E-state index in [-0.39, 0.29) is 12.1 Å². The van der Waals surface area contributed by atoms with Crippen LogP contribution in [0.1, 0.15) is 40.3 Å². The molecule has 0 amide bonds. The number of morpholine rings is 1. The monoisotopic (exact) mass is 523 g/mol. The maximum Gasteiger partial charge on any atom is 0.174 e. The fraction of sp³-hybridized carbons (Fsp3) is 0.290. The van der Waals surface area contributed by atoms with Crippen molar-refractivity contribution in [3.63, 3.8) is 0 Å². The van der Waals surface area contributed by atoms with Gasteiger partial charge in [0.05, 0.1) is 31.0 Å². The van der Waals surface area contributed by atoms with Gasteiger partial charge in [-0.2, -0.15) is 0 Å². The summed E-state index contributed by atoms with van der Waals surface area (Å²) in [5.41, 5.74) is 9.38. The van der Waals surface area contributed by atoms with Crippen molar-refractivity contribution in [3.05, 3.63) is 107 Å². The third-order valence-corrected chi connectivity index (χ3v) is 8.06. The highest BCUT2D eigenvalue weighted by molar-refractivity contribution is 7.80. The largest absolute Gasteiger partial charge is 0.378 e. The number of nitrogens with zero attached hydrogens (tertiary/aromatic N) is 4. The lowest BCUT2D eigenvalue weighted by atomic mass is 9.96. The highest BCUT2D eigenvalue weighted by Crippen LogP contribution is 2.44. The first-order valence-corrected chi connectivity index (χ1v) is 13.6. The van der Waals surface area contributed by atoms with Gasteiger partial charge in [-0.3, -0.25) is 4.98 Å². The Morgan fingerprint density at radius 1 is 0.895 bits per heavy atom. The van der Waals surface area contributed by atoms with Gasteiger partial charge in [0.25, 0.3) is 0 Å². The molecule has 2 atom stereocenters. The summed E-state index contributed by atoms with van der Waals surface area (Å²) in [6.45, 7) is 9.93. The minimum absolute atomic E-state index is 0.0457. The van der Waals surface area contributed by atoms with E-state index < -0.39 is 0 Å². The van der Waals surface area contributed by atoms with Crippen molar-refractivity contribution in [1.29, 1.82) is 0 Å². The summed E-state index contributed by atoms with van der Waals surface area (Å²) in [6, 6.07) is 25.6. The molecule has 194 valence electrons. The number of rotatable bonds is 5. The van der Waals surface area contributed by atoms with Crippen molar-refractivity contribution in [1.82, 2.24) is 14.9 Å². The highest BCUT2D eigenvalue weighted by Gasteiger charge is 2.42. The lowest BCUT2D eigenvalue weighted by molar-refractivity contribution is 0.122. The van der Waals surface area contributed by atoms with E-state index in [1.54, 1.807) is 0 Å². The Labute approximate surface area is 229 Å². The summed E-state index contributed by atoms with van der Waals surface area (Å²) in [5, 5.41) is 4.32. The standard InChI is InChI=1S/C31H33N5OS/c1-21-8-4-5-10-28(21)35-22(2)20-26(23(35)3)30-29(27-9-6-7-15-32-27)33-31(38)36(30)25-13-11-24(12-14-25)34-16-18-37-19-17-34/h4-15,20,29-30H,16-19H2,1-3H3,(H,33,38)/t29-,30-/m0/s1. The Morgan fingerprint density at radius 2 is 1.61 bits per heavy atom. The second-order valence-corrected chi connectivity index (χ2v) is 10.4. The Bertz CT molecular complexity index is 1440. The zero-order valence-electron chi connectivity index (χ0n) is 22.1. The molecule has 4 heterocycles. The Kier molecular flexibility index (Phi) is 6.64. The first-order chi connectivity index (χ1) is 18.5. The average Bonchev–Trinajstić information content (AvgIpc) is 3.45. The maximum absolute atomic E-state index is 5.99. The highest BCUT2D eigenvalue weighted by atomic mass is 32.1. The van der Waals surface area contributed by atoms with Crippen LogP contribution in [-0.4, -0.2) is 41.0 Å². The molecule has 6 rings (SSSR count). The molecule has 0 saturated carbocycles. The molecule has 0 unspecified atom stereocenters. The summed E-state index contributed by atoms with van der Waals surface area (Å²) in [7, 11) is 0. The Morgan fingerprint density at radius 3 is 2.32 bits per heavy atom. The van der Waals surface area contributed by atoms with Crippen LogP contribution in [0.2, 0.25) is 0 Å². The van der Waals surface area contributed by atoms with E-state index in [0.29, 0.717) is 5.11 Å². The number of hydrogen-bond acceptors (Lipinski definition) is 4. The van der Waals surface area contributed by atoms with Crippen LogP contribution in [0.4, 0.5) is 11.4 Å². The molecular formula is C31H33N5OS. The zero-order chi connectivity index (χ0) is 26.2. The van der Waals surface area contributed by atoms with Gasteiger partial charge in [0.1, 0.15) is 0 Å². The normalized spacial score (nSPS) is 19.6. The number of pyridine rings is 1. The zero-order valence-corrected chi connectivity index (χ0v) is 22.9. The van der Waals surface area contributed by atoms with Gasteiger partial charge in [-0.15, -0.1) is 0 Å². The molecule has 38 heavy (non-hydrogen) atoms. The van der Waals surface area contributed by atoms with Crippen LogP contribution in [0.25, 0.3) is 5.69 Å². The number of aromatic nitrogens is 2. The second kappa shape index (κ2) is 10.2. The van der Waals surface area contributed by atoms with Crippen molar-refractivity contribution >= 4 is 28.7 Å². The van der Waals surface area contributed by atoms with Crippen molar-refractivity contribution in [2.75, 3.05) is 36.1 Å². The molecule has 2 saturated heterocycles. The molecule has 1 N–H and O–H groups in total. The van der Waals surface area contributed by atoms with Crippen LogP contribution in [-0.2, 0) is 4.74 Å². The third kappa shape index (κ3) is 4.36. The quantitative estimate of drug-likeness (QED) is 0.333. The summed E-state index contributed by atoms with van der Waals surface area (Å²) in [4.78, 5) is 9.37. The smallest absolute Gasteiger partial charge is 0.174 e. The molecule has 0 aliphatic carbocycles. The van der Waals surface area contributed by atoms with Crippen molar-refractivity contribution in [2.45, 2.75) is 32.9 Å². The SMILES string of the molecule is Cc1ccccc1-n1c(C)cc([C@H]2[C@H](c3ccccn3)NC(=S)N2c2ccc(N3CCOCC3)cc2)c1C. The van der Waals surface area contributed by atoms with Crippen molar-refractivity contribution < 1.29 is 4.74 Å². The van der Waals surface area contributed by atoms with Crippen LogP contribution < -0.4 is 15.1 Å². The van der Waals surface area contributed by atoms with Gasteiger partial charge in [0.15, 0.2) is 5.11 Å².